The largest absolute Gasteiger partial charge is 0.384 e. The molecule has 0 saturated heterocycles. The second kappa shape index (κ2) is 7.61. The maximum absolute atomic E-state index is 8.70. The third kappa shape index (κ3) is 4.47. The van der Waals surface area contributed by atoms with Crippen molar-refractivity contribution in [2.45, 2.75) is 10.6 Å². The summed E-state index contributed by atoms with van der Waals surface area (Å²) in [6.45, 7) is -0.123. The van der Waals surface area contributed by atoms with Crippen molar-refractivity contribution in [3.8, 4) is 11.8 Å². The second-order valence-corrected chi connectivity index (χ2v) is 5.89. The lowest BCUT2D eigenvalue weighted by Crippen LogP contribution is -1.84. The molecule has 0 aromatic heterocycles. The lowest BCUT2D eigenvalue weighted by Gasteiger charge is -2.04. The van der Waals surface area contributed by atoms with E-state index in [1.807, 2.05) is 30.3 Å². The Morgan fingerprint density at radius 2 is 1.90 bits per heavy atom. The van der Waals surface area contributed by atoms with Crippen molar-refractivity contribution in [2.75, 3.05) is 6.61 Å². The van der Waals surface area contributed by atoms with Crippen LogP contribution in [-0.2, 0) is 5.75 Å². The third-order valence-corrected chi connectivity index (χ3v) is 4.34. The van der Waals surface area contributed by atoms with Gasteiger partial charge in [-0.25, -0.2) is 0 Å². The first-order valence-corrected chi connectivity index (χ1v) is 7.70. The summed E-state index contributed by atoms with van der Waals surface area (Å²) in [6.07, 6.45) is 0. The molecule has 0 saturated carbocycles. The van der Waals surface area contributed by atoms with E-state index in [2.05, 4.69) is 17.9 Å². The van der Waals surface area contributed by atoms with Gasteiger partial charge in [0.25, 0.3) is 0 Å². The summed E-state index contributed by atoms with van der Waals surface area (Å²) in [6, 6.07) is 13.6. The fourth-order valence-electron chi connectivity index (χ4n) is 1.61. The van der Waals surface area contributed by atoms with Crippen LogP contribution in [0.3, 0.4) is 0 Å². The van der Waals surface area contributed by atoms with Crippen LogP contribution in [0.5, 0.6) is 0 Å². The van der Waals surface area contributed by atoms with Gasteiger partial charge >= 0.3 is 0 Å². The van der Waals surface area contributed by atoms with Crippen LogP contribution in [0.1, 0.15) is 11.1 Å². The molecule has 2 aromatic carbocycles. The van der Waals surface area contributed by atoms with E-state index in [0.717, 1.165) is 16.2 Å². The van der Waals surface area contributed by atoms with Crippen molar-refractivity contribution in [1.29, 1.82) is 0 Å². The molecule has 20 heavy (non-hydrogen) atoms. The number of hydrogen-bond acceptors (Lipinski definition) is 2. The van der Waals surface area contributed by atoms with Crippen LogP contribution < -0.4 is 0 Å². The molecule has 4 heteroatoms. The zero-order valence-corrected chi connectivity index (χ0v) is 12.9. The van der Waals surface area contributed by atoms with E-state index in [4.69, 9.17) is 28.3 Å². The highest BCUT2D eigenvalue weighted by Crippen LogP contribution is 2.29. The summed E-state index contributed by atoms with van der Waals surface area (Å²) in [7, 11) is 0. The number of hydrogen-bond donors (Lipinski definition) is 1. The van der Waals surface area contributed by atoms with Gasteiger partial charge in [0.2, 0.25) is 0 Å². The van der Waals surface area contributed by atoms with Crippen LogP contribution in [0, 0.1) is 11.8 Å². The molecule has 0 atom stereocenters. The number of benzene rings is 2. The van der Waals surface area contributed by atoms with Crippen molar-refractivity contribution in [3.05, 3.63) is 63.6 Å². The first-order chi connectivity index (χ1) is 9.69. The van der Waals surface area contributed by atoms with E-state index in [1.54, 1.807) is 17.8 Å². The van der Waals surface area contributed by atoms with Crippen LogP contribution in [0.15, 0.2) is 47.4 Å². The quantitative estimate of drug-likeness (QED) is 0.656. The van der Waals surface area contributed by atoms with Crippen LogP contribution in [0.2, 0.25) is 10.0 Å². The zero-order valence-electron chi connectivity index (χ0n) is 10.6. The van der Waals surface area contributed by atoms with E-state index in [-0.39, 0.29) is 6.61 Å². The zero-order chi connectivity index (χ0) is 14.4. The minimum absolute atomic E-state index is 0.123. The number of aliphatic hydroxyl groups is 1. The van der Waals surface area contributed by atoms with Crippen LogP contribution in [0.25, 0.3) is 0 Å². The van der Waals surface area contributed by atoms with Gasteiger partial charge in [-0.3, -0.25) is 0 Å². The molecule has 0 spiro atoms. The molecule has 1 N–H and O–H groups in total. The van der Waals surface area contributed by atoms with Gasteiger partial charge in [-0.05, 0) is 35.9 Å². The van der Waals surface area contributed by atoms with Gasteiger partial charge in [-0.2, -0.15) is 0 Å². The van der Waals surface area contributed by atoms with E-state index in [9.17, 15) is 0 Å². The second-order valence-electron chi connectivity index (χ2n) is 4.02. The van der Waals surface area contributed by atoms with Crippen molar-refractivity contribution in [1.82, 2.24) is 0 Å². The Bertz CT molecular complexity index is 659. The molecule has 0 unspecified atom stereocenters. The molecule has 0 fully saturated rings. The molecular formula is C16H12Cl2OS. The van der Waals surface area contributed by atoms with E-state index in [0.29, 0.717) is 10.0 Å². The van der Waals surface area contributed by atoms with E-state index < -0.39 is 0 Å². The van der Waals surface area contributed by atoms with Crippen LogP contribution in [0.4, 0.5) is 0 Å². The van der Waals surface area contributed by atoms with Crippen LogP contribution >= 0.6 is 35.0 Å². The fourth-order valence-corrected chi connectivity index (χ4v) is 2.85. The number of halogens is 2. The molecule has 1 nitrogen and oxygen atoms in total. The number of rotatable bonds is 3. The Hall–Kier alpha value is -1.11. The van der Waals surface area contributed by atoms with Crippen molar-refractivity contribution >= 4 is 35.0 Å². The third-order valence-electron chi connectivity index (χ3n) is 2.54. The van der Waals surface area contributed by atoms with Crippen molar-refractivity contribution in [3.63, 3.8) is 0 Å². The van der Waals surface area contributed by atoms with Gasteiger partial charge in [-0.15, -0.1) is 11.8 Å². The molecule has 0 aliphatic heterocycles. The normalized spacial score (nSPS) is 9.95. The molecule has 102 valence electrons. The number of aliphatic hydroxyl groups excluding tert-OH is 1. The average Bonchev–Trinajstić information content (AvgIpc) is 2.47. The maximum Gasteiger partial charge on any atom is 0.104 e. The molecular weight excluding hydrogens is 311 g/mol. The van der Waals surface area contributed by atoms with Crippen LogP contribution in [-0.4, -0.2) is 11.7 Å². The van der Waals surface area contributed by atoms with Gasteiger partial charge in [0.1, 0.15) is 6.61 Å². The van der Waals surface area contributed by atoms with E-state index in [1.165, 1.54) is 5.56 Å². The predicted molar refractivity (Wildman–Crippen MR) is 86.4 cm³/mol. The van der Waals surface area contributed by atoms with Crippen molar-refractivity contribution < 1.29 is 5.11 Å². The number of thioether (sulfide) groups is 1. The first kappa shape index (κ1) is 15.3. The Labute approximate surface area is 132 Å². The van der Waals surface area contributed by atoms with E-state index >= 15 is 0 Å². The highest BCUT2D eigenvalue weighted by Gasteiger charge is 2.01. The van der Waals surface area contributed by atoms with Gasteiger partial charge in [0.05, 0.1) is 10.0 Å². The van der Waals surface area contributed by atoms with Gasteiger partial charge in [0, 0.05) is 16.2 Å². The topological polar surface area (TPSA) is 20.2 Å². The summed E-state index contributed by atoms with van der Waals surface area (Å²) in [4.78, 5) is 1.08. The van der Waals surface area contributed by atoms with Gasteiger partial charge in [-0.1, -0.05) is 47.2 Å². The van der Waals surface area contributed by atoms with Gasteiger partial charge < -0.3 is 5.11 Å². The summed E-state index contributed by atoms with van der Waals surface area (Å²) in [5.41, 5.74) is 2.08. The lowest BCUT2D eigenvalue weighted by atomic mass is 10.1. The molecule has 0 aliphatic rings. The maximum atomic E-state index is 8.70. The minimum atomic E-state index is -0.123. The lowest BCUT2D eigenvalue weighted by molar-refractivity contribution is 0.350. The molecule has 0 bridgehead atoms. The Balaban J connectivity index is 2.05. The highest BCUT2D eigenvalue weighted by molar-refractivity contribution is 7.98. The summed E-state index contributed by atoms with van der Waals surface area (Å²) >= 11 is 13.6. The Morgan fingerprint density at radius 1 is 1.05 bits per heavy atom. The molecule has 0 aliphatic carbocycles. The smallest absolute Gasteiger partial charge is 0.104 e. The Kier molecular flexibility index (Phi) is 5.82. The molecule has 0 heterocycles. The monoisotopic (exact) mass is 322 g/mol. The summed E-state index contributed by atoms with van der Waals surface area (Å²) in [5, 5.41) is 9.83. The van der Waals surface area contributed by atoms with Crippen molar-refractivity contribution in [2.24, 2.45) is 0 Å². The standard InChI is InChI=1S/C16H12Cl2OS/c17-15-7-6-14(10-16(15)18)20-11-13-4-1-3-12(9-13)5-2-8-19/h1,3-4,6-7,9-10,19H,8,11H2. The fraction of sp³-hybridized carbons (Fsp3) is 0.125. The van der Waals surface area contributed by atoms with Gasteiger partial charge in [0.15, 0.2) is 0 Å². The summed E-state index contributed by atoms with van der Waals surface area (Å²) in [5.74, 6) is 6.37. The first-order valence-electron chi connectivity index (χ1n) is 5.95. The molecule has 2 aromatic rings. The summed E-state index contributed by atoms with van der Waals surface area (Å²) < 4.78 is 0. The molecule has 2 rings (SSSR count). The minimum Gasteiger partial charge on any atom is -0.384 e. The molecule has 0 radical (unpaired) electrons. The predicted octanol–water partition coefficient (Wildman–Crippen LogP) is 4.63. The SMILES string of the molecule is OCC#Cc1cccc(CSc2ccc(Cl)c(Cl)c2)c1. The average molecular weight is 323 g/mol. The Morgan fingerprint density at radius 3 is 2.65 bits per heavy atom. The molecule has 0 amide bonds. The highest BCUT2D eigenvalue weighted by atomic mass is 35.5.